The van der Waals surface area contributed by atoms with Gasteiger partial charge >= 0.3 is 0 Å². The van der Waals surface area contributed by atoms with Gasteiger partial charge in [-0.1, -0.05) is 127 Å². The Bertz CT molecular complexity index is 1400. The summed E-state index contributed by atoms with van der Waals surface area (Å²) in [7, 11) is 0. The molecule has 0 amide bonds. The molecule has 48 heavy (non-hydrogen) atoms. The Balaban J connectivity index is 1.65. The van der Waals surface area contributed by atoms with Crippen LogP contribution in [0.3, 0.4) is 0 Å². The number of nitrogen functional groups attached to an aromatic ring is 1. The number of ketones is 1. The van der Waals surface area contributed by atoms with E-state index in [1.54, 1.807) is 0 Å². The molecule has 3 heteroatoms. The second-order valence-electron chi connectivity index (χ2n) is 14.6. The van der Waals surface area contributed by atoms with Crippen molar-refractivity contribution in [3.8, 4) is 0 Å². The number of hydrogen-bond donors (Lipinski definition) is 2. The van der Waals surface area contributed by atoms with E-state index in [4.69, 9.17) is 11.1 Å². The molecule has 0 radical (unpaired) electrons. The van der Waals surface area contributed by atoms with Gasteiger partial charge in [-0.15, -0.1) is 0 Å². The lowest BCUT2D eigenvalue weighted by Crippen LogP contribution is -2.24. The van der Waals surface area contributed by atoms with Gasteiger partial charge in [0, 0.05) is 23.4 Å². The van der Waals surface area contributed by atoms with Crippen LogP contribution in [-0.2, 0) is 4.79 Å². The van der Waals surface area contributed by atoms with Crippen molar-refractivity contribution in [1.82, 2.24) is 0 Å². The highest BCUT2D eigenvalue weighted by atomic mass is 16.1. The average Bonchev–Trinajstić information content (AvgIpc) is 3.11. The molecule has 0 heterocycles. The molecule has 1 aromatic carbocycles. The topological polar surface area (TPSA) is 66.9 Å². The molecule has 3 N–H and O–H groups in total. The van der Waals surface area contributed by atoms with Crippen molar-refractivity contribution in [3.05, 3.63) is 94.7 Å². The number of unbranched alkanes of at least 4 members (excludes halogenated alkanes) is 6. The van der Waals surface area contributed by atoms with Gasteiger partial charge in [0.2, 0.25) is 0 Å². The Labute approximate surface area is 293 Å². The standard InChI is InChI=1S/C45H64N2O/c1-5-9-11-13-15-33(29-34-17-27-42(35(7-3)30-34)37-18-23-40(46)24-19-37)31-44(45(48)16-14-12-10-6-2)39-22-28-43(36(8-4)32-39)38-20-25-41(47)26-21-38/h17-18,20-21,23,25-27,30-33,35,37,42,46H,5-16,19,22,24,28-29,47H2,1-4H3/b44-31-,46-40?. The predicted molar refractivity (Wildman–Crippen MR) is 208 cm³/mol. The Hall–Kier alpha value is -3.20. The Morgan fingerprint density at radius 1 is 0.917 bits per heavy atom. The largest absolute Gasteiger partial charge is 0.399 e. The summed E-state index contributed by atoms with van der Waals surface area (Å²) in [5.74, 6) is 2.27. The van der Waals surface area contributed by atoms with Crippen LogP contribution in [0.2, 0.25) is 0 Å². The van der Waals surface area contributed by atoms with Gasteiger partial charge in [-0.05, 0) is 122 Å². The zero-order chi connectivity index (χ0) is 34.3. The van der Waals surface area contributed by atoms with Gasteiger partial charge in [0.05, 0.1) is 0 Å². The SMILES string of the molecule is CCCCCCC(=O)/C(=C\C(CCCCCC)CC1=CC(CC)C(C2C=CC(=N)CC2)C=C1)C1=CC(CC)=C(c2ccc(N)cc2)CC1. The Morgan fingerprint density at radius 2 is 1.67 bits per heavy atom. The average molecular weight is 649 g/mol. The first-order chi connectivity index (χ1) is 23.4. The number of benzene rings is 1. The monoisotopic (exact) mass is 649 g/mol. The fourth-order valence-electron chi connectivity index (χ4n) is 8.04. The van der Waals surface area contributed by atoms with E-state index >= 15 is 0 Å². The third-order valence-corrected chi connectivity index (χ3v) is 11.0. The molecule has 4 rings (SSSR count). The molecule has 0 spiro atoms. The van der Waals surface area contributed by atoms with Crippen LogP contribution in [0.4, 0.5) is 5.69 Å². The fraction of sp³-hybridized carbons (Fsp3) is 0.556. The minimum absolute atomic E-state index is 0.344. The van der Waals surface area contributed by atoms with E-state index in [2.05, 4.69) is 76.3 Å². The molecule has 0 aromatic heterocycles. The van der Waals surface area contributed by atoms with E-state index in [-0.39, 0.29) is 0 Å². The molecule has 0 saturated heterocycles. The van der Waals surface area contributed by atoms with Crippen LogP contribution in [0.5, 0.6) is 0 Å². The Kier molecular flexibility index (Phi) is 15.4. The summed E-state index contributed by atoms with van der Waals surface area (Å²) in [4.78, 5) is 14.1. The quantitative estimate of drug-likeness (QED) is 0.0890. The molecule has 3 aliphatic rings. The summed E-state index contributed by atoms with van der Waals surface area (Å²) in [6.07, 6.45) is 34.8. The van der Waals surface area contributed by atoms with Crippen molar-refractivity contribution in [3.63, 3.8) is 0 Å². The summed E-state index contributed by atoms with van der Waals surface area (Å²) in [6.45, 7) is 9.08. The van der Waals surface area contributed by atoms with Crippen LogP contribution >= 0.6 is 0 Å². The maximum atomic E-state index is 14.1. The van der Waals surface area contributed by atoms with Crippen molar-refractivity contribution < 1.29 is 4.79 Å². The van der Waals surface area contributed by atoms with Crippen LogP contribution in [0, 0.1) is 29.1 Å². The molecule has 4 atom stereocenters. The predicted octanol–water partition coefficient (Wildman–Crippen LogP) is 12.7. The van der Waals surface area contributed by atoms with Crippen LogP contribution in [-0.4, -0.2) is 11.5 Å². The van der Waals surface area contributed by atoms with Crippen LogP contribution in [0.15, 0.2) is 89.1 Å². The first kappa shape index (κ1) is 37.6. The molecule has 0 saturated carbocycles. The van der Waals surface area contributed by atoms with Gasteiger partial charge in [-0.3, -0.25) is 4.79 Å². The summed E-state index contributed by atoms with van der Waals surface area (Å²) in [6, 6.07) is 8.30. The zero-order valence-corrected chi connectivity index (χ0v) is 30.7. The number of nitrogens with one attached hydrogen (secondary N) is 1. The number of hydrogen-bond acceptors (Lipinski definition) is 3. The molecule has 1 aromatic rings. The third-order valence-electron chi connectivity index (χ3n) is 11.0. The number of anilines is 1. The Morgan fingerprint density at radius 3 is 2.33 bits per heavy atom. The van der Waals surface area contributed by atoms with E-state index in [0.717, 1.165) is 81.2 Å². The lowest BCUT2D eigenvalue weighted by Gasteiger charge is -2.33. The summed E-state index contributed by atoms with van der Waals surface area (Å²) in [5, 5.41) is 8.02. The minimum atomic E-state index is 0.344. The van der Waals surface area contributed by atoms with Gasteiger partial charge in [0.1, 0.15) is 0 Å². The molecule has 0 bridgehead atoms. The van der Waals surface area contributed by atoms with Crippen LogP contribution in [0.1, 0.15) is 142 Å². The lowest BCUT2D eigenvalue weighted by molar-refractivity contribution is -0.115. The normalized spacial score (nSPS) is 22.1. The van der Waals surface area contributed by atoms with Crippen molar-refractivity contribution in [1.29, 1.82) is 5.41 Å². The van der Waals surface area contributed by atoms with E-state index in [1.807, 2.05) is 18.2 Å². The molecule has 0 aliphatic heterocycles. The van der Waals surface area contributed by atoms with E-state index in [9.17, 15) is 4.79 Å². The number of nitrogens with two attached hydrogens (primary N) is 1. The van der Waals surface area contributed by atoms with Crippen molar-refractivity contribution >= 4 is 22.8 Å². The molecule has 3 aliphatic carbocycles. The smallest absolute Gasteiger partial charge is 0.162 e. The summed E-state index contributed by atoms with van der Waals surface area (Å²) < 4.78 is 0. The highest BCUT2D eigenvalue weighted by Gasteiger charge is 2.28. The highest BCUT2D eigenvalue weighted by molar-refractivity contribution is 6.00. The molecule has 3 nitrogen and oxygen atoms in total. The second-order valence-corrected chi connectivity index (χ2v) is 14.6. The van der Waals surface area contributed by atoms with Gasteiger partial charge in [-0.2, -0.15) is 0 Å². The van der Waals surface area contributed by atoms with Gasteiger partial charge in [-0.25, -0.2) is 0 Å². The van der Waals surface area contributed by atoms with Crippen molar-refractivity contribution in [2.75, 3.05) is 5.73 Å². The molecular weight excluding hydrogens is 585 g/mol. The van der Waals surface area contributed by atoms with E-state index in [0.29, 0.717) is 35.9 Å². The van der Waals surface area contributed by atoms with Gasteiger partial charge in [0.15, 0.2) is 5.78 Å². The number of Topliss-reactive ketones (excluding diaryl/α,β-unsaturated/α-hetero) is 1. The summed E-state index contributed by atoms with van der Waals surface area (Å²) in [5.41, 5.74) is 15.3. The zero-order valence-electron chi connectivity index (χ0n) is 30.7. The molecule has 4 unspecified atom stereocenters. The maximum Gasteiger partial charge on any atom is 0.162 e. The highest BCUT2D eigenvalue weighted by Crippen LogP contribution is 2.40. The lowest BCUT2D eigenvalue weighted by atomic mass is 9.72. The molecule has 0 fully saturated rings. The molecular formula is C45H64N2O. The number of allylic oxidation sites excluding steroid dienone is 12. The third kappa shape index (κ3) is 10.9. The van der Waals surface area contributed by atoms with Crippen LogP contribution < -0.4 is 5.73 Å². The second kappa shape index (κ2) is 19.7. The first-order valence-electron chi connectivity index (χ1n) is 19.5. The maximum absolute atomic E-state index is 14.1. The van der Waals surface area contributed by atoms with Crippen molar-refractivity contribution in [2.45, 2.75) is 137 Å². The number of carbonyl (C=O) groups is 1. The van der Waals surface area contributed by atoms with Gasteiger partial charge in [0.25, 0.3) is 0 Å². The van der Waals surface area contributed by atoms with E-state index in [1.165, 1.54) is 66.4 Å². The minimum Gasteiger partial charge on any atom is -0.399 e. The fourth-order valence-corrected chi connectivity index (χ4v) is 8.04. The van der Waals surface area contributed by atoms with Crippen LogP contribution in [0.25, 0.3) is 5.57 Å². The first-order valence-corrected chi connectivity index (χ1v) is 19.5. The van der Waals surface area contributed by atoms with Gasteiger partial charge < -0.3 is 11.1 Å². The number of carbonyl (C=O) groups excluding carboxylic acids is 1. The summed E-state index contributed by atoms with van der Waals surface area (Å²) >= 11 is 0. The molecule has 260 valence electrons. The number of rotatable bonds is 19. The van der Waals surface area contributed by atoms with E-state index < -0.39 is 0 Å². The van der Waals surface area contributed by atoms with Crippen molar-refractivity contribution in [2.24, 2.45) is 23.7 Å².